The van der Waals surface area contributed by atoms with Crippen LogP contribution in [0.2, 0.25) is 0 Å². The van der Waals surface area contributed by atoms with Gasteiger partial charge in [0.15, 0.2) is 6.29 Å². The lowest BCUT2D eigenvalue weighted by Crippen LogP contribution is -2.45. The monoisotopic (exact) mass is 608 g/mol. The van der Waals surface area contributed by atoms with Crippen molar-refractivity contribution in [1.29, 1.82) is 0 Å². The molecule has 4 atom stereocenters. The zero-order chi connectivity index (χ0) is 30.6. The Balaban J connectivity index is 1.34. The quantitative estimate of drug-likeness (QED) is 0.314. The van der Waals surface area contributed by atoms with Crippen LogP contribution in [0.3, 0.4) is 0 Å². The largest absolute Gasteiger partial charge is 0.459 e. The molecule has 5 rings (SSSR count). The fourth-order valence-electron chi connectivity index (χ4n) is 5.50. The van der Waals surface area contributed by atoms with Crippen molar-refractivity contribution < 1.29 is 32.5 Å². The minimum atomic E-state index is -3.72. The van der Waals surface area contributed by atoms with E-state index in [2.05, 4.69) is 9.62 Å². The lowest BCUT2D eigenvalue weighted by molar-refractivity contribution is -0.253. The van der Waals surface area contributed by atoms with Crippen LogP contribution in [-0.2, 0) is 35.6 Å². The highest BCUT2D eigenvalue weighted by atomic mass is 32.2. The highest BCUT2D eigenvalue weighted by molar-refractivity contribution is 7.92. The van der Waals surface area contributed by atoms with E-state index < -0.39 is 21.9 Å². The number of esters is 1. The van der Waals surface area contributed by atoms with Gasteiger partial charge in [0.2, 0.25) is 0 Å². The molecule has 0 unspecified atom stereocenters. The number of nitrogens with one attached hydrogen (secondary N) is 1. The van der Waals surface area contributed by atoms with E-state index in [0.29, 0.717) is 18.7 Å². The van der Waals surface area contributed by atoms with Crippen molar-refractivity contribution in [3.63, 3.8) is 0 Å². The number of anilines is 1. The summed E-state index contributed by atoms with van der Waals surface area (Å²) in [6.07, 6.45) is 1.01. The summed E-state index contributed by atoms with van der Waals surface area (Å²) in [5.74, 6) is -0.210. The van der Waals surface area contributed by atoms with E-state index >= 15 is 0 Å². The molecule has 2 saturated heterocycles. The number of ether oxygens (including phenoxy) is 3. The van der Waals surface area contributed by atoms with Crippen molar-refractivity contribution in [1.82, 2.24) is 4.90 Å². The number of carbonyl (C=O) groups excluding carboxylic acids is 1. The van der Waals surface area contributed by atoms with Gasteiger partial charge in [0.05, 0.1) is 23.7 Å². The molecule has 2 heterocycles. The first-order chi connectivity index (χ1) is 20.5. The molecule has 0 saturated carbocycles. The van der Waals surface area contributed by atoms with Gasteiger partial charge < -0.3 is 19.3 Å². The summed E-state index contributed by atoms with van der Waals surface area (Å²) in [5.41, 5.74) is 2.39. The predicted octanol–water partition coefficient (Wildman–Crippen LogP) is 5.33. The van der Waals surface area contributed by atoms with Gasteiger partial charge in [0, 0.05) is 24.2 Å². The third-order valence-corrected chi connectivity index (χ3v) is 8.98. The second kappa shape index (κ2) is 13.2. The summed E-state index contributed by atoms with van der Waals surface area (Å²) in [6, 6.07) is 22.5. The lowest BCUT2D eigenvalue weighted by Gasteiger charge is -2.38. The Kier molecular flexibility index (Phi) is 9.53. The van der Waals surface area contributed by atoms with Crippen LogP contribution < -0.4 is 4.72 Å². The van der Waals surface area contributed by atoms with Crippen LogP contribution >= 0.6 is 0 Å². The molecule has 0 radical (unpaired) electrons. The van der Waals surface area contributed by atoms with Crippen LogP contribution in [0.4, 0.5) is 5.69 Å². The third kappa shape index (κ3) is 8.01. The standard InChI is InChI=1S/C33H40N2O7S/c1-33(2,3)42-31(37)29-10-7-19-35(29)21-27-20-30(24-13-11-23(22-36)12-14-24)41-32(40-27)25-15-17-26(18-16-25)34-43(38,39)28-8-5-4-6-9-28/h4-6,8-9,11-18,27,29-30,32,34,36H,7,10,19-22H2,1-3H3/t27-,29-,30+,32+/m0/s1. The topological polar surface area (TPSA) is 114 Å². The van der Waals surface area contributed by atoms with Crippen molar-refractivity contribution in [2.75, 3.05) is 17.8 Å². The summed E-state index contributed by atoms with van der Waals surface area (Å²) in [4.78, 5) is 15.3. The van der Waals surface area contributed by atoms with Crippen molar-refractivity contribution >= 4 is 21.7 Å². The first-order valence-electron chi connectivity index (χ1n) is 14.7. The Morgan fingerprint density at radius 1 is 0.977 bits per heavy atom. The van der Waals surface area contributed by atoms with E-state index in [-0.39, 0.29) is 35.7 Å². The molecule has 3 aromatic carbocycles. The fraction of sp³-hybridized carbons (Fsp3) is 0.424. The summed E-state index contributed by atoms with van der Waals surface area (Å²) in [5, 5.41) is 9.49. The molecule has 0 spiro atoms. The fourth-order valence-corrected chi connectivity index (χ4v) is 6.58. The summed E-state index contributed by atoms with van der Waals surface area (Å²) < 4.78 is 46.8. The van der Waals surface area contributed by atoms with Gasteiger partial charge >= 0.3 is 5.97 Å². The zero-order valence-corrected chi connectivity index (χ0v) is 25.6. The molecule has 0 aromatic heterocycles. The van der Waals surface area contributed by atoms with Gasteiger partial charge in [-0.1, -0.05) is 54.6 Å². The van der Waals surface area contributed by atoms with Gasteiger partial charge in [-0.3, -0.25) is 14.4 Å². The molecule has 43 heavy (non-hydrogen) atoms. The lowest BCUT2D eigenvalue weighted by atomic mass is 9.99. The van der Waals surface area contributed by atoms with E-state index in [4.69, 9.17) is 14.2 Å². The van der Waals surface area contributed by atoms with Gasteiger partial charge in [0.1, 0.15) is 11.6 Å². The smallest absolute Gasteiger partial charge is 0.323 e. The molecule has 3 aromatic rings. The van der Waals surface area contributed by atoms with Gasteiger partial charge in [0.25, 0.3) is 10.0 Å². The molecule has 2 N–H and O–H groups in total. The molecule has 230 valence electrons. The molecule has 0 aliphatic carbocycles. The van der Waals surface area contributed by atoms with Crippen LogP contribution in [0.15, 0.2) is 83.8 Å². The Morgan fingerprint density at radius 3 is 2.30 bits per heavy atom. The Hall–Kier alpha value is -3.28. The maximum atomic E-state index is 13.0. The summed E-state index contributed by atoms with van der Waals surface area (Å²) >= 11 is 0. The zero-order valence-electron chi connectivity index (χ0n) is 24.8. The second-order valence-electron chi connectivity index (χ2n) is 12.1. The van der Waals surface area contributed by atoms with Crippen molar-refractivity contribution in [3.8, 4) is 0 Å². The van der Waals surface area contributed by atoms with E-state index in [1.807, 2.05) is 45.0 Å². The number of benzene rings is 3. The number of aliphatic hydroxyl groups is 1. The van der Waals surface area contributed by atoms with E-state index in [0.717, 1.165) is 36.1 Å². The van der Waals surface area contributed by atoms with Crippen LogP contribution in [0.5, 0.6) is 0 Å². The van der Waals surface area contributed by atoms with Crippen LogP contribution in [0, 0.1) is 0 Å². The number of carbonyl (C=O) groups is 1. The van der Waals surface area contributed by atoms with Gasteiger partial charge in [-0.15, -0.1) is 0 Å². The molecule has 2 aliphatic heterocycles. The maximum absolute atomic E-state index is 13.0. The molecule has 0 bridgehead atoms. The average molecular weight is 609 g/mol. The number of rotatable bonds is 9. The van der Waals surface area contributed by atoms with E-state index in [1.165, 1.54) is 0 Å². The molecular formula is C33H40N2O7S. The van der Waals surface area contributed by atoms with Gasteiger partial charge in [-0.25, -0.2) is 8.42 Å². The Labute approximate surface area is 253 Å². The maximum Gasteiger partial charge on any atom is 0.323 e. The summed E-state index contributed by atoms with van der Waals surface area (Å²) in [6.45, 7) is 6.91. The number of nitrogens with zero attached hydrogens (tertiary/aromatic N) is 1. The third-order valence-electron chi connectivity index (χ3n) is 7.58. The normalized spacial score (nSPS) is 23.2. The Morgan fingerprint density at radius 2 is 1.65 bits per heavy atom. The molecule has 0 amide bonds. The highest BCUT2D eigenvalue weighted by Gasteiger charge is 2.39. The molecule has 10 heteroatoms. The molecule has 2 fully saturated rings. The highest BCUT2D eigenvalue weighted by Crippen LogP contribution is 2.39. The molecular weight excluding hydrogens is 568 g/mol. The number of hydrogen-bond donors (Lipinski definition) is 2. The first kappa shape index (κ1) is 31.2. The van der Waals surface area contributed by atoms with Crippen molar-refractivity contribution in [3.05, 3.63) is 95.6 Å². The van der Waals surface area contributed by atoms with E-state index in [9.17, 15) is 18.3 Å². The average Bonchev–Trinajstić information content (AvgIpc) is 3.45. The summed E-state index contributed by atoms with van der Waals surface area (Å²) in [7, 11) is -3.72. The van der Waals surface area contributed by atoms with Gasteiger partial charge in [-0.05, 0) is 75.5 Å². The number of hydrogen-bond acceptors (Lipinski definition) is 8. The van der Waals surface area contributed by atoms with Crippen LogP contribution in [-0.4, -0.2) is 55.2 Å². The molecule has 2 aliphatic rings. The predicted molar refractivity (Wildman–Crippen MR) is 163 cm³/mol. The second-order valence-corrected chi connectivity index (χ2v) is 13.8. The first-order valence-corrected chi connectivity index (χ1v) is 16.1. The van der Waals surface area contributed by atoms with Crippen molar-refractivity contribution in [2.45, 2.75) is 81.7 Å². The number of aliphatic hydroxyl groups excluding tert-OH is 1. The number of likely N-dealkylation sites (tertiary alicyclic amines) is 1. The minimum Gasteiger partial charge on any atom is -0.459 e. The number of sulfonamides is 1. The van der Waals surface area contributed by atoms with Crippen LogP contribution in [0.25, 0.3) is 0 Å². The van der Waals surface area contributed by atoms with Crippen molar-refractivity contribution in [2.24, 2.45) is 0 Å². The molecule has 9 nitrogen and oxygen atoms in total. The minimum absolute atomic E-state index is 0.0401. The van der Waals surface area contributed by atoms with E-state index in [1.54, 1.807) is 54.6 Å². The van der Waals surface area contributed by atoms with Gasteiger partial charge in [-0.2, -0.15) is 0 Å². The Bertz CT molecular complexity index is 1470. The SMILES string of the molecule is CC(C)(C)OC(=O)[C@@H]1CCCN1C[C@@H]1C[C@H](c2ccc(CO)cc2)O[C@H](c2ccc(NS(=O)(=O)c3ccccc3)cc2)O1. The van der Waals surface area contributed by atoms with Crippen LogP contribution in [0.1, 0.15) is 69.1 Å².